The Morgan fingerprint density at radius 3 is 2.07 bits per heavy atom. The highest BCUT2D eigenvalue weighted by molar-refractivity contribution is 8.01. The van der Waals surface area contributed by atoms with Gasteiger partial charge in [-0.25, -0.2) is 0 Å². The molecule has 0 aliphatic carbocycles. The number of nitro benzene ring substituents is 1. The van der Waals surface area contributed by atoms with Gasteiger partial charge in [0.05, 0.1) is 12.0 Å². The molecular weight excluding hydrogens is 374 g/mol. The van der Waals surface area contributed by atoms with Crippen molar-refractivity contribution < 1.29 is 14.5 Å². The van der Waals surface area contributed by atoms with Crippen LogP contribution in [-0.4, -0.2) is 18.0 Å². The molecule has 0 N–H and O–H groups in total. The average Bonchev–Trinajstić information content (AvgIpc) is 2.74. The minimum atomic E-state index is -1.02. The molecule has 3 rings (SSSR count). The number of ether oxygens (including phenoxy) is 1. The molecule has 3 aromatic rings. The molecule has 0 aliphatic rings. The van der Waals surface area contributed by atoms with Gasteiger partial charge in [-0.15, -0.1) is 11.8 Å². The highest BCUT2D eigenvalue weighted by atomic mass is 32.2. The molecule has 5 nitrogen and oxygen atoms in total. The molecule has 1 unspecified atom stereocenters. The molecule has 6 heteroatoms. The van der Waals surface area contributed by atoms with E-state index in [1.54, 1.807) is 12.1 Å². The summed E-state index contributed by atoms with van der Waals surface area (Å²) in [4.78, 5) is 24.3. The Hall–Kier alpha value is -3.12. The number of rotatable bonds is 7. The summed E-state index contributed by atoms with van der Waals surface area (Å²) >= 11 is 1.34. The maximum Gasteiger partial charge on any atom is 0.327 e. The van der Waals surface area contributed by atoms with Gasteiger partial charge in [0.25, 0.3) is 5.69 Å². The van der Waals surface area contributed by atoms with E-state index in [9.17, 15) is 14.9 Å². The van der Waals surface area contributed by atoms with Gasteiger partial charge >= 0.3 is 5.97 Å². The third-order valence-corrected chi connectivity index (χ3v) is 5.79. The van der Waals surface area contributed by atoms with E-state index in [0.29, 0.717) is 6.42 Å². The Morgan fingerprint density at radius 2 is 1.54 bits per heavy atom. The summed E-state index contributed by atoms with van der Waals surface area (Å²) in [6.45, 7) is 0. The Balaban J connectivity index is 2.08. The molecule has 3 aromatic carbocycles. The van der Waals surface area contributed by atoms with Crippen molar-refractivity contribution in [3.63, 3.8) is 0 Å². The van der Waals surface area contributed by atoms with Crippen molar-refractivity contribution in [3.8, 4) is 0 Å². The number of carbonyl (C=O) groups excluding carboxylic acids is 1. The summed E-state index contributed by atoms with van der Waals surface area (Å²) < 4.78 is 4.19. The highest BCUT2D eigenvalue weighted by Crippen LogP contribution is 2.45. The van der Waals surface area contributed by atoms with Crippen molar-refractivity contribution in [2.45, 2.75) is 16.1 Å². The number of nitrogens with zero attached hydrogens (tertiary/aromatic N) is 1. The largest absolute Gasteiger partial charge is 0.468 e. The van der Waals surface area contributed by atoms with Crippen molar-refractivity contribution in [3.05, 3.63) is 106 Å². The van der Waals surface area contributed by atoms with E-state index in [2.05, 4.69) is 0 Å². The second kappa shape index (κ2) is 8.71. The van der Waals surface area contributed by atoms with Gasteiger partial charge in [0, 0.05) is 23.4 Å². The summed E-state index contributed by atoms with van der Waals surface area (Å²) in [5.41, 5.74) is 1.82. The van der Waals surface area contributed by atoms with E-state index < -0.39 is 9.67 Å². The maximum absolute atomic E-state index is 13.1. The van der Waals surface area contributed by atoms with Gasteiger partial charge in [0.15, 0.2) is 0 Å². The zero-order valence-corrected chi connectivity index (χ0v) is 16.1. The van der Waals surface area contributed by atoms with E-state index in [1.165, 1.54) is 31.0 Å². The second-order valence-electron chi connectivity index (χ2n) is 6.20. The lowest BCUT2D eigenvalue weighted by molar-refractivity contribution is -0.384. The van der Waals surface area contributed by atoms with E-state index >= 15 is 0 Å². The minimum Gasteiger partial charge on any atom is -0.468 e. The molecule has 28 heavy (non-hydrogen) atoms. The maximum atomic E-state index is 13.1. The molecule has 142 valence electrons. The summed E-state index contributed by atoms with van der Waals surface area (Å²) in [5.74, 6) is -0.370. The van der Waals surface area contributed by atoms with Crippen LogP contribution < -0.4 is 0 Å². The number of esters is 1. The van der Waals surface area contributed by atoms with Gasteiger partial charge in [-0.2, -0.15) is 0 Å². The summed E-state index contributed by atoms with van der Waals surface area (Å²) in [6.07, 6.45) is 0.423. The first-order valence-corrected chi connectivity index (χ1v) is 9.48. The quantitative estimate of drug-likeness (QED) is 0.245. The van der Waals surface area contributed by atoms with Crippen molar-refractivity contribution in [2.24, 2.45) is 0 Å². The van der Waals surface area contributed by atoms with Gasteiger partial charge in [-0.05, 0) is 23.3 Å². The molecule has 1 atom stereocenters. The SMILES string of the molecule is COC(=O)C(Cc1ccccc1)(Sc1ccc([N+](=O)[O-])cc1)c1ccccc1. The Labute approximate surface area is 167 Å². The first-order valence-electron chi connectivity index (χ1n) is 8.66. The van der Waals surface area contributed by atoms with Crippen LogP contribution in [0.4, 0.5) is 5.69 Å². The summed E-state index contributed by atoms with van der Waals surface area (Å²) in [6, 6.07) is 25.4. The highest BCUT2D eigenvalue weighted by Gasteiger charge is 2.43. The number of hydrogen-bond donors (Lipinski definition) is 0. The van der Waals surface area contributed by atoms with Crippen LogP contribution in [0.15, 0.2) is 89.8 Å². The fourth-order valence-corrected chi connectivity index (χ4v) is 4.36. The van der Waals surface area contributed by atoms with E-state index in [1.807, 2.05) is 60.7 Å². The molecule has 0 radical (unpaired) electrons. The van der Waals surface area contributed by atoms with Crippen LogP contribution in [0.25, 0.3) is 0 Å². The average molecular weight is 393 g/mol. The number of nitro groups is 1. The number of benzene rings is 3. The number of hydrogen-bond acceptors (Lipinski definition) is 5. The molecule has 0 fully saturated rings. The molecule has 0 bridgehead atoms. The predicted molar refractivity (Wildman–Crippen MR) is 109 cm³/mol. The molecular formula is C22H19NO4S. The second-order valence-corrected chi connectivity index (χ2v) is 7.57. The molecule has 0 spiro atoms. The monoisotopic (exact) mass is 393 g/mol. The van der Waals surface area contributed by atoms with Crippen LogP contribution in [0.3, 0.4) is 0 Å². The zero-order valence-electron chi connectivity index (χ0n) is 15.3. The zero-order chi connectivity index (χ0) is 20.0. The van der Waals surface area contributed by atoms with E-state index in [4.69, 9.17) is 4.74 Å². The lowest BCUT2D eigenvalue weighted by atomic mass is 9.91. The summed E-state index contributed by atoms with van der Waals surface area (Å²) in [5, 5.41) is 10.9. The van der Waals surface area contributed by atoms with Crippen LogP contribution >= 0.6 is 11.8 Å². The molecule has 0 heterocycles. The van der Waals surface area contributed by atoms with Crippen LogP contribution in [-0.2, 0) is 20.7 Å². The number of carbonyl (C=O) groups is 1. The Kier molecular flexibility index (Phi) is 6.11. The molecule has 0 saturated heterocycles. The van der Waals surface area contributed by atoms with Gasteiger partial charge in [0.1, 0.15) is 4.75 Å². The Bertz CT molecular complexity index is 945. The van der Waals surface area contributed by atoms with Gasteiger partial charge in [-0.3, -0.25) is 14.9 Å². The topological polar surface area (TPSA) is 69.4 Å². The third kappa shape index (κ3) is 4.23. The van der Waals surface area contributed by atoms with Crippen molar-refractivity contribution >= 4 is 23.4 Å². The normalized spacial score (nSPS) is 12.8. The number of methoxy groups -OCH3 is 1. The Morgan fingerprint density at radius 1 is 0.964 bits per heavy atom. The standard InChI is InChI=1S/C22H19NO4S/c1-27-21(24)22(18-10-6-3-7-11-18,16-17-8-4-2-5-9-17)28-20-14-12-19(13-15-20)23(25)26/h2-15H,16H2,1H3. The minimum absolute atomic E-state index is 0.00999. The smallest absolute Gasteiger partial charge is 0.327 e. The number of non-ortho nitro benzene ring substituents is 1. The fraction of sp³-hybridized carbons (Fsp3) is 0.136. The molecule has 0 amide bonds. The van der Waals surface area contributed by atoms with Crippen molar-refractivity contribution in [2.75, 3.05) is 7.11 Å². The first-order chi connectivity index (χ1) is 13.5. The lowest BCUT2D eigenvalue weighted by Crippen LogP contribution is -2.36. The first kappa shape index (κ1) is 19.6. The van der Waals surface area contributed by atoms with Gasteiger partial charge in [-0.1, -0.05) is 60.7 Å². The van der Waals surface area contributed by atoms with Crippen LogP contribution in [0.2, 0.25) is 0 Å². The molecule has 0 aliphatic heterocycles. The summed E-state index contributed by atoms with van der Waals surface area (Å²) in [7, 11) is 1.38. The third-order valence-electron chi connectivity index (χ3n) is 4.39. The lowest BCUT2D eigenvalue weighted by Gasteiger charge is -2.31. The van der Waals surface area contributed by atoms with Gasteiger partial charge < -0.3 is 4.74 Å². The van der Waals surface area contributed by atoms with Crippen LogP contribution in [0.1, 0.15) is 11.1 Å². The van der Waals surface area contributed by atoms with E-state index in [0.717, 1.165) is 16.0 Å². The van der Waals surface area contributed by atoms with E-state index in [-0.39, 0.29) is 11.7 Å². The molecule has 0 aromatic heterocycles. The molecule has 0 saturated carbocycles. The van der Waals surface area contributed by atoms with Gasteiger partial charge in [0.2, 0.25) is 0 Å². The predicted octanol–water partition coefficient (Wildman–Crippen LogP) is 5.00. The fourth-order valence-electron chi connectivity index (χ4n) is 3.02. The van der Waals surface area contributed by atoms with Crippen molar-refractivity contribution in [1.82, 2.24) is 0 Å². The van der Waals surface area contributed by atoms with Crippen molar-refractivity contribution in [1.29, 1.82) is 0 Å². The number of thioether (sulfide) groups is 1. The van der Waals surface area contributed by atoms with Crippen LogP contribution in [0, 0.1) is 10.1 Å². The van der Waals surface area contributed by atoms with Crippen LogP contribution in [0.5, 0.6) is 0 Å².